The molecule has 0 aliphatic carbocycles. The van der Waals surface area contributed by atoms with Crippen LogP contribution in [-0.4, -0.2) is 33.0 Å². The smallest absolute Gasteiger partial charge is 0.231 e. The molecule has 17 heavy (non-hydrogen) atoms. The average Bonchev–Trinajstić information content (AvgIpc) is 2.75. The van der Waals surface area contributed by atoms with E-state index in [1.165, 1.54) is 0 Å². The number of likely N-dealkylation sites (N-methyl/N-ethyl adjacent to an activating group) is 1. The minimum absolute atomic E-state index is 0.331. The molecule has 0 saturated heterocycles. The molecular formula is C13H20N2O2. The van der Waals surface area contributed by atoms with Crippen molar-refractivity contribution in [3.8, 4) is 11.5 Å². The van der Waals surface area contributed by atoms with E-state index in [-0.39, 0.29) is 0 Å². The number of benzene rings is 1. The zero-order valence-electron chi connectivity index (χ0n) is 10.7. The van der Waals surface area contributed by atoms with E-state index in [0.717, 1.165) is 30.3 Å². The third-order valence-corrected chi connectivity index (χ3v) is 2.80. The number of ether oxygens (including phenoxy) is 2. The number of rotatable bonds is 5. The molecule has 0 spiro atoms. The van der Waals surface area contributed by atoms with Gasteiger partial charge in [-0.1, -0.05) is 13.8 Å². The highest BCUT2D eigenvalue weighted by atomic mass is 16.7. The lowest BCUT2D eigenvalue weighted by atomic mass is 10.2. The third kappa shape index (κ3) is 3.03. The summed E-state index contributed by atoms with van der Waals surface area (Å²) in [4.78, 5) is 2.21. The molecule has 0 unspecified atom stereocenters. The Kier molecular flexibility index (Phi) is 3.74. The van der Waals surface area contributed by atoms with Crippen molar-refractivity contribution in [2.75, 3.05) is 31.8 Å². The van der Waals surface area contributed by atoms with Crippen molar-refractivity contribution in [3.63, 3.8) is 0 Å². The van der Waals surface area contributed by atoms with Gasteiger partial charge in [0.1, 0.15) is 0 Å². The van der Waals surface area contributed by atoms with E-state index in [9.17, 15) is 0 Å². The molecule has 1 heterocycles. The Morgan fingerprint density at radius 2 is 2.06 bits per heavy atom. The van der Waals surface area contributed by atoms with Crippen LogP contribution in [0.2, 0.25) is 0 Å². The van der Waals surface area contributed by atoms with Gasteiger partial charge in [-0.2, -0.15) is 0 Å². The molecule has 0 saturated carbocycles. The van der Waals surface area contributed by atoms with Crippen LogP contribution >= 0.6 is 0 Å². The first-order valence-corrected chi connectivity index (χ1v) is 6.01. The van der Waals surface area contributed by atoms with Gasteiger partial charge in [0.25, 0.3) is 0 Å². The second-order valence-electron chi connectivity index (χ2n) is 4.57. The molecule has 0 aromatic heterocycles. The lowest BCUT2D eigenvalue weighted by molar-refractivity contribution is 0.174. The highest BCUT2D eigenvalue weighted by Crippen LogP contribution is 2.35. The molecule has 1 aromatic carbocycles. The fourth-order valence-electron chi connectivity index (χ4n) is 1.77. The van der Waals surface area contributed by atoms with Gasteiger partial charge in [-0.15, -0.1) is 0 Å². The molecule has 0 radical (unpaired) electrons. The van der Waals surface area contributed by atoms with Crippen LogP contribution in [0.15, 0.2) is 18.2 Å². The number of fused-ring (bicyclic) bond motifs is 1. The Morgan fingerprint density at radius 3 is 2.82 bits per heavy atom. The third-order valence-electron chi connectivity index (χ3n) is 2.80. The molecule has 1 aliphatic heterocycles. The first kappa shape index (κ1) is 12.0. The molecular weight excluding hydrogens is 216 g/mol. The summed E-state index contributed by atoms with van der Waals surface area (Å²) >= 11 is 0. The molecule has 1 aromatic rings. The maximum Gasteiger partial charge on any atom is 0.231 e. The second kappa shape index (κ2) is 5.27. The van der Waals surface area contributed by atoms with Gasteiger partial charge in [-0.25, -0.2) is 0 Å². The lowest BCUT2D eigenvalue weighted by Crippen LogP contribution is -2.32. The zero-order valence-corrected chi connectivity index (χ0v) is 10.7. The number of anilines is 1. The van der Waals surface area contributed by atoms with Crippen LogP contribution in [0.4, 0.5) is 5.69 Å². The largest absolute Gasteiger partial charge is 0.454 e. The van der Waals surface area contributed by atoms with Crippen molar-refractivity contribution in [2.24, 2.45) is 0 Å². The standard InChI is InChI=1S/C13H20N2O2/c1-10(2)14-6-7-15(3)11-4-5-12-13(8-11)17-9-16-12/h4-5,8,10,14H,6-7,9H2,1-3H3. The SMILES string of the molecule is CC(C)NCCN(C)c1ccc2c(c1)OCO2. The maximum absolute atomic E-state index is 5.37. The molecule has 94 valence electrons. The Labute approximate surface area is 103 Å². The van der Waals surface area contributed by atoms with E-state index in [2.05, 4.69) is 37.2 Å². The van der Waals surface area contributed by atoms with Crippen molar-refractivity contribution in [3.05, 3.63) is 18.2 Å². The summed E-state index contributed by atoms with van der Waals surface area (Å²) < 4.78 is 10.7. The summed E-state index contributed by atoms with van der Waals surface area (Å²) in [5.41, 5.74) is 1.15. The van der Waals surface area contributed by atoms with Crippen molar-refractivity contribution < 1.29 is 9.47 Å². The fourth-order valence-corrected chi connectivity index (χ4v) is 1.77. The zero-order chi connectivity index (χ0) is 12.3. The van der Waals surface area contributed by atoms with Crippen molar-refractivity contribution in [1.82, 2.24) is 5.32 Å². The molecule has 4 nitrogen and oxygen atoms in total. The Bertz CT molecular complexity index is 380. The topological polar surface area (TPSA) is 33.7 Å². The number of hydrogen-bond donors (Lipinski definition) is 1. The van der Waals surface area contributed by atoms with E-state index < -0.39 is 0 Å². The van der Waals surface area contributed by atoms with Gasteiger partial charge in [0.2, 0.25) is 6.79 Å². The average molecular weight is 236 g/mol. The van der Waals surface area contributed by atoms with Crippen molar-refractivity contribution in [1.29, 1.82) is 0 Å². The van der Waals surface area contributed by atoms with Gasteiger partial charge in [0.15, 0.2) is 11.5 Å². The van der Waals surface area contributed by atoms with E-state index >= 15 is 0 Å². The Balaban J connectivity index is 1.92. The lowest BCUT2D eigenvalue weighted by Gasteiger charge is -2.20. The van der Waals surface area contributed by atoms with Gasteiger partial charge in [-0.3, -0.25) is 0 Å². The monoisotopic (exact) mass is 236 g/mol. The van der Waals surface area contributed by atoms with Crippen molar-refractivity contribution in [2.45, 2.75) is 19.9 Å². The first-order chi connectivity index (χ1) is 8.16. The van der Waals surface area contributed by atoms with Crippen LogP contribution in [0.5, 0.6) is 11.5 Å². The number of hydrogen-bond acceptors (Lipinski definition) is 4. The van der Waals surface area contributed by atoms with Crippen LogP contribution in [0.25, 0.3) is 0 Å². The number of nitrogens with zero attached hydrogens (tertiary/aromatic N) is 1. The van der Waals surface area contributed by atoms with Gasteiger partial charge >= 0.3 is 0 Å². The summed E-state index contributed by atoms with van der Waals surface area (Å²) in [6, 6.07) is 6.57. The summed E-state index contributed by atoms with van der Waals surface area (Å²) in [5.74, 6) is 1.67. The molecule has 0 atom stereocenters. The molecule has 1 aliphatic rings. The summed E-state index contributed by atoms with van der Waals surface area (Å²) in [6.07, 6.45) is 0. The molecule has 0 fully saturated rings. The summed E-state index contributed by atoms with van der Waals surface area (Å²) in [5, 5.41) is 3.40. The molecule has 0 amide bonds. The quantitative estimate of drug-likeness (QED) is 0.846. The highest BCUT2D eigenvalue weighted by molar-refractivity contribution is 5.56. The second-order valence-corrected chi connectivity index (χ2v) is 4.57. The van der Waals surface area contributed by atoms with E-state index in [4.69, 9.17) is 9.47 Å². The van der Waals surface area contributed by atoms with Crippen LogP contribution in [0.1, 0.15) is 13.8 Å². The Hall–Kier alpha value is -1.42. The first-order valence-electron chi connectivity index (χ1n) is 6.01. The fraction of sp³-hybridized carbons (Fsp3) is 0.538. The Morgan fingerprint density at radius 1 is 1.29 bits per heavy atom. The van der Waals surface area contributed by atoms with Gasteiger partial charge in [0, 0.05) is 37.9 Å². The van der Waals surface area contributed by atoms with Gasteiger partial charge < -0.3 is 19.7 Å². The van der Waals surface area contributed by atoms with Crippen LogP contribution in [-0.2, 0) is 0 Å². The summed E-state index contributed by atoms with van der Waals surface area (Å²) in [6.45, 7) is 6.58. The van der Waals surface area contributed by atoms with Gasteiger partial charge in [0.05, 0.1) is 0 Å². The van der Waals surface area contributed by atoms with Gasteiger partial charge in [-0.05, 0) is 12.1 Å². The molecule has 2 rings (SSSR count). The van der Waals surface area contributed by atoms with Crippen LogP contribution < -0.4 is 19.7 Å². The molecule has 4 heteroatoms. The predicted octanol–water partition coefficient (Wildman–Crippen LogP) is 1.85. The minimum atomic E-state index is 0.331. The predicted molar refractivity (Wildman–Crippen MR) is 69.0 cm³/mol. The molecule has 0 bridgehead atoms. The normalized spacial score (nSPS) is 13.2. The van der Waals surface area contributed by atoms with E-state index in [1.807, 2.05) is 12.1 Å². The highest BCUT2D eigenvalue weighted by Gasteiger charge is 2.14. The van der Waals surface area contributed by atoms with Crippen LogP contribution in [0, 0.1) is 0 Å². The summed E-state index contributed by atoms with van der Waals surface area (Å²) in [7, 11) is 2.08. The minimum Gasteiger partial charge on any atom is -0.454 e. The van der Waals surface area contributed by atoms with Crippen molar-refractivity contribution >= 4 is 5.69 Å². The van der Waals surface area contributed by atoms with Crippen LogP contribution in [0.3, 0.4) is 0 Å². The maximum atomic E-state index is 5.37. The molecule has 1 N–H and O–H groups in total. The van der Waals surface area contributed by atoms with E-state index in [1.54, 1.807) is 0 Å². The number of nitrogens with one attached hydrogen (secondary N) is 1. The van der Waals surface area contributed by atoms with E-state index in [0.29, 0.717) is 12.8 Å².